The Hall–Kier alpha value is -0.910. The average Bonchev–Trinajstić information content (AvgIpc) is 3.05. The van der Waals surface area contributed by atoms with E-state index in [1.807, 2.05) is 0 Å². The van der Waals surface area contributed by atoms with Crippen LogP contribution in [0.25, 0.3) is 0 Å². The second-order valence-corrected chi connectivity index (χ2v) is 6.83. The lowest BCUT2D eigenvalue weighted by atomic mass is 9.82. The molecule has 2 bridgehead atoms. The number of ether oxygens (including phenoxy) is 1. The Kier molecular flexibility index (Phi) is 3.84. The number of carbonyl (C=O) groups is 1. The molecule has 5 nitrogen and oxygen atoms in total. The fourth-order valence-corrected chi connectivity index (χ4v) is 4.37. The van der Waals surface area contributed by atoms with E-state index < -0.39 is 24.3 Å². The Bertz CT molecular complexity index is 460. The summed E-state index contributed by atoms with van der Waals surface area (Å²) < 4.78 is 5.84. The topological polar surface area (TPSA) is 87.0 Å². The maximum Gasteiger partial charge on any atom is 0.334 e. The highest BCUT2D eigenvalue weighted by Crippen LogP contribution is 2.54. The monoisotopic (exact) mass is 296 g/mol. The Morgan fingerprint density at radius 3 is 2.67 bits per heavy atom. The van der Waals surface area contributed by atoms with Gasteiger partial charge in [0.25, 0.3) is 0 Å². The molecule has 0 aromatic carbocycles. The van der Waals surface area contributed by atoms with E-state index in [9.17, 15) is 20.1 Å². The van der Waals surface area contributed by atoms with Crippen molar-refractivity contribution in [1.29, 1.82) is 0 Å². The predicted molar refractivity (Wildman–Crippen MR) is 75.3 cm³/mol. The van der Waals surface area contributed by atoms with Crippen molar-refractivity contribution >= 4 is 5.97 Å². The standard InChI is InChI=1S/C16H24O5/c1-2-16(8-9-3-4-11(16)5-9)21-15(20)10-6-12(17)14(19)13(18)7-10/h6,9,11-14,17-19H,2-5,7-8H2,1H3/t9-,11+,12?,13?,14?,16-/m0/s1. The van der Waals surface area contributed by atoms with E-state index in [0.717, 1.165) is 25.7 Å². The van der Waals surface area contributed by atoms with Gasteiger partial charge in [0.2, 0.25) is 0 Å². The Morgan fingerprint density at radius 1 is 1.38 bits per heavy atom. The summed E-state index contributed by atoms with van der Waals surface area (Å²) in [6, 6.07) is 0. The van der Waals surface area contributed by atoms with Gasteiger partial charge in [-0.25, -0.2) is 4.79 Å². The van der Waals surface area contributed by atoms with Gasteiger partial charge in [-0.2, -0.15) is 0 Å². The average molecular weight is 296 g/mol. The third kappa shape index (κ3) is 2.51. The summed E-state index contributed by atoms with van der Waals surface area (Å²) in [4.78, 5) is 12.4. The molecule has 0 radical (unpaired) electrons. The van der Waals surface area contributed by atoms with Crippen LogP contribution >= 0.6 is 0 Å². The quantitative estimate of drug-likeness (QED) is 0.674. The lowest BCUT2D eigenvalue weighted by Crippen LogP contribution is -2.44. The number of carbonyl (C=O) groups excluding carboxylic acids is 1. The largest absolute Gasteiger partial charge is 0.455 e. The van der Waals surface area contributed by atoms with Crippen molar-refractivity contribution in [2.75, 3.05) is 0 Å². The van der Waals surface area contributed by atoms with E-state index in [1.165, 1.54) is 12.5 Å². The molecule has 2 saturated carbocycles. The van der Waals surface area contributed by atoms with Crippen molar-refractivity contribution in [2.45, 2.75) is 69.4 Å². The van der Waals surface area contributed by atoms with E-state index in [4.69, 9.17) is 4.74 Å². The third-order valence-corrected chi connectivity index (χ3v) is 5.62. The summed E-state index contributed by atoms with van der Waals surface area (Å²) in [5.74, 6) is 0.663. The Morgan fingerprint density at radius 2 is 2.14 bits per heavy atom. The smallest absolute Gasteiger partial charge is 0.334 e. The first-order chi connectivity index (χ1) is 9.95. The molecule has 21 heavy (non-hydrogen) atoms. The van der Waals surface area contributed by atoms with Crippen molar-refractivity contribution in [3.8, 4) is 0 Å². The van der Waals surface area contributed by atoms with Gasteiger partial charge in [-0.1, -0.05) is 6.92 Å². The van der Waals surface area contributed by atoms with Crippen LogP contribution < -0.4 is 0 Å². The van der Waals surface area contributed by atoms with E-state index in [0.29, 0.717) is 11.8 Å². The molecule has 0 heterocycles. The molecule has 3 aliphatic rings. The summed E-state index contributed by atoms with van der Waals surface area (Å²) >= 11 is 0. The van der Waals surface area contributed by atoms with Crippen LogP contribution in [-0.2, 0) is 9.53 Å². The van der Waals surface area contributed by atoms with Gasteiger partial charge in [0.15, 0.2) is 0 Å². The first-order valence-corrected chi connectivity index (χ1v) is 7.93. The van der Waals surface area contributed by atoms with Gasteiger partial charge in [0.1, 0.15) is 17.8 Å². The molecule has 0 amide bonds. The van der Waals surface area contributed by atoms with Gasteiger partial charge in [-0.3, -0.25) is 0 Å². The SMILES string of the molecule is CC[C@]1(OC(=O)C2=CC(O)C(O)C(O)C2)C[C@H]2CC[C@@H]1C2. The summed E-state index contributed by atoms with van der Waals surface area (Å²) in [6.45, 7) is 2.05. The summed E-state index contributed by atoms with van der Waals surface area (Å²) in [6.07, 6.45) is 3.02. The van der Waals surface area contributed by atoms with Crippen LogP contribution in [0.4, 0.5) is 0 Å². The summed E-state index contributed by atoms with van der Waals surface area (Å²) in [7, 11) is 0. The highest BCUT2D eigenvalue weighted by molar-refractivity contribution is 5.89. The molecule has 0 aromatic heterocycles. The number of aliphatic hydroxyl groups excluding tert-OH is 3. The highest BCUT2D eigenvalue weighted by Gasteiger charge is 2.52. The number of hydrogen-bond acceptors (Lipinski definition) is 5. The molecule has 3 unspecified atom stereocenters. The van der Waals surface area contributed by atoms with E-state index in [-0.39, 0.29) is 17.6 Å². The molecular formula is C16H24O5. The van der Waals surface area contributed by atoms with Gasteiger partial charge in [-0.05, 0) is 50.0 Å². The number of esters is 1. The molecule has 5 heteroatoms. The molecule has 0 saturated heterocycles. The number of hydrogen-bond donors (Lipinski definition) is 3. The summed E-state index contributed by atoms with van der Waals surface area (Å²) in [5, 5.41) is 28.9. The molecule has 0 aromatic rings. The van der Waals surface area contributed by atoms with Crippen LogP contribution in [0.2, 0.25) is 0 Å². The van der Waals surface area contributed by atoms with Gasteiger partial charge < -0.3 is 20.1 Å². The maximum absolute atomic E-state index is 12.4. The predicted octanol–water partition coefficient (Wildman–Crippen LogP) is 0.911. The summed E-state index contributed by atoms with van der Waals surface area (Å²) in [5.41, 5.74) is -0.0943. The third-order valence-electron chi connectivity index (χ3n) is 5.62. The van der Waals surface area contributed by atoms with Crippen molar-refractivity contribution in [3.05, 3.63) is 11.6 Å². The molecule has 6 atom stereocenters. The van der Waals surface area contributed by atoms with Crippen LogP contribution in [0.15, 0.2) is 11.6 Å². The first kappa shape index (κ1) is 15.0. The minimum absolute atomic E-state index is 0.0327. The lowest BCUT2D eigenvalue weighted by molar-refractivity contribution is -0.162. The zero-order chi connectivity index (χ0) is 15.2. The van der Waals surface area contributed by atoms with Crippen LogP contribution in [0.1, 0.15) is 45.4 Å². The Balaban J connectivity index is 1.73. The van der Waals surface area contributed by atoms with E-state index in [1.54, 1.807) is 0 Å². The zero-order valence-electron chi connectivity index (χ0n) is 12.4. The zero-order valence-corrected chi connectivity index (χ0v) is 12.4. The molecule has 0 aliphatic heterocycles. The van der Waals surface area contributed by atoms with Crippen LogP contribution in [-0.4, -0.2) is 45.2 Å². The second-order valence-electron chi connectivity index (χ2n) is 6.83. The van der Waals surface area contributed by atoms with Crippen LogP contribution in [0.5, 0.6) is 0 Å². The minimum Gasteiger partial charge on any atom is -0.455 e. The van der Waals surface area contributed by atoms with Crippen LogP contribution in [0, 0.1) is 11.8 Å². The normalized spacial score (nSPS) is 45.5. The van der Waals surface area contributed by atoms with Gasteiger partial charge in [-0.15, -0.1) is 0 Å². The molecule has 3 aliphatic carbocycles. The molecule has 3 N–H and O–H groups in total. The Labute approximate surface area is 124 Å². The minimum atomic E-state index is -1.23. The van der Waals surface area contributed by atoms with Gasteiger partial charge in [0.05, 0.1) is 6.10 Å². The first-order valence-electron chi connectivity index (χ1n) is 7.93. The molecule has 0 spiro atoms. The van der Waals surface area contributed by atoms with E-state index >= 15 is 0 Å². The number of fused-ring (bicyclic) bond motifs is 2. The molecule has 3 rings (SSSR count). The van der Waals surface area contributed by atoms with Crippen LogP contribution in [0.3, 0.4) is 0 Å². The second kappa shape index (κ2) is 5.38. The van der Waals surface area contributed by atoms with Gasteiger partial charge >= 0.3 is 5.97 Å². The number of aliphatic hydroxyl groups is 3. The number of rotatable bonds is 3. The molecular weight excluding hydrogens is 272 g/mol. The van der Waals surface area contributed by atoms with Gasteiger partial charge in [0, 0.05) is 12.0 Å². The van der Waals surface area contributed by atoms with Crippen molar-refractivity contribution in [1.82, 2.24) is 0 Å². The van der Waals surface area contributed by atoms with E-state index in [2.05, 4.69) is 6.92 Å². The highest BCUT2D eigenvalue weighted by atomic mass is 16.6. The molecule has 2 fully saturated rings. The molecule has 118 valence electrons. The van der Waals surface area contributed by atoms with Crippen molar-refractivity contribution < 1.29 is 24.9 Å². The maximum atomic E-state index is 12.4. The van der Waals surface area contributed by atoms with Crippen molar-refractivity contribution in [3.63, 3.8) is 0 Å². The lowest BCUT2D eigenvalue weighted by Gasteiger charge is -2.37. The fraction of sp³-hybridized carbons (Fsp3) is 0.812. The van der Waals surface area contributed by atoms with Crippen molar-refractivity contribution in [2.24, 2.45) is 11.8 Å². The fourth-order valence-electron chi connectivity index (χ4n) is 4.37.